The largest absolute Gasteiger partial charge is 0.484 e. The molecule has 0 radical (unpaired) electrons. The second kappa shape index (κ2) is 8.84. The van der Waals surface area contributed by atoms with Crippen molar-refractivity contribution in [2.75, 3.05) is 13.7 Å². The summed E-state index contributed by atoms with van der Waals surface area (Å²) in [6.45, 7) is 4.14. The zero-order valence-electron chi connectivity index (χ0n) is 14.6. The minimum Gasteiger partial charge on any atom is -0.484 e. The van der Waals surface area contributed by atoms with Gasteiger partial charge in [0, 0.05) is 12.7 Å². The molecule has 132 valence electrons. The van der Waals surface area contributed by atoms with Gasteiger partial charge in [-0.1, -0.05) is 18.2 Å². The first-order valence-corrected chi connectivity index (χ1v) is 7.86. The molecule has 6 heteroatoms. The van der Waals surface area contributed by atoms with Gasteiger partial charge in [0.25, 0.3) is 11.8 Å². The summed E-state index contributed by atoms with van der Waals surface area (Å²) in [5.74, 6) is -0.232. The van der Waals surface area contributed by atoms with E-state index < -0.39 is 11.8 Å². The third-order valence-electron chi connectivity index (χ3n) is 3.38. The molecule has 0 aliphatic rings. The molecular formula is C19H22N2O4. The lowest BCUT2D eigenvalue weighted by Gasteiger charge is -2.10. The summed E-state index contributed by atoms with van der Waals surface area (Å²) >= 11 is 0. The average molecular weight is 342 g/mol. The zero-order valence-corrected chi connectivity index (χ0v) is 14.6. The van der Waals surface area contributed by atoms with Gasteiger partial charge in [-0.25, -0.2) is 0 Å². The molecular weight excluding hydrogens is 320 g/mol. The van der Waals surface area contributed by atoms with Crippen molar-refractivity contribution in [1.82, 2.24) is 10.9 Å². The molecule has 2 rings (SSSR count). The molecule has 0 aliphatic heterocycles. The summed E-state index contributed by atoms with van der Waals surface area (Å²) < 4.78 is 10.5. The first-order chi connectivity index (χ1) is 12.0. The second-order valence-electron chi connectivity index (χ2n) is 5.75. The van der Waals surface area contributed by atoms with Crippen LogP contribution in [0.5, 0.6) is 5.75 Å². The zero-order chi connectivity index (χ0) is 18.2. The van der Waals surface area contributed by atoms with E-state index in [1.807, 2.05) is 38.1 Å². The quantitative estimate of drug-likeness (QED) is 0.790. The summed E-state index contributed by atoms with van der Waals surface area (Å²) in [5.41, 5.74) is 8.13. The van der Waals surface area contributed by atoms with E-state index in [2.05, 4.69) is 10.9 Å². The Morgan fingerprint density at radius 2 is 1.72 bits per heavy atom. The lowest BCUT2D eigenvalue weighted by molar-refractivity contribution is -0.123. The Labute approximate surface area is 147 Å². The van der Waals surface area contributed by atoms with Gasteiger partial charge >= 0.3 is 0 Å². The van der Waals surface area contributed by atoms with Gasteiger partial charge in [-0.2, -0.15) is 0 Å². The average Bonchev–Trinajstić information content (AvgIpc) is 2.57. The number of rotatable bonds is 6. The molecule has 0 atom stereocenters. The molecule has 0 spiro atoms. The van der Waals surface area contributed by atoms with Crippen molar-refractivity contribution in [3.63, 3.8) is 0 Å². The molecule has 6 nitrogen and oxygen atoms in total. The highest BCUT2D eigenvalue weighted by Gasteiger charge is 2.09. The maximum absolute atomic E-state index is 12.1. The van der Waals surface area contributed by atoms with E-state index in [0.29, 0.717) is 17.9 Å². The molecule has 2 aromatic carbocycles. The molecule has 2 N–H and O–H groups in total. The van der Waals surface area contributed by atoms with Crippen molar-refractivity contribution in [2.45, 2.75) is 20.5 Å². The van der Waals surface area contributed by atoms with Gasteiger partial charge in [-0.15, -0.1) is 0 Å². The van der Waals surface area contributed by atoms with Crippen LogP contribution in [0.3, 0.4) is 0 Å². The van der Waals surface area contributed by atoms with Crippen LogP contribution >= 0.6 is 0 Å². The van der Waals surface area contributed by atoms with Crippen molar-refractivity contribution in [3.05, 3.63) is 64.7 Å². The van der Waals surface area contributed by atoms with Crippen LogP contribution in [0.15, 0.2) is 42.5 Å². The van der Waals surface area contributed by atoms with Crippen LogP contribution in [0.2, 0.25) is 0 Å². The molecule has 0 fully saturated rings. The Kier molecular flexibility index (Phi) is 6.54. The number of carbonyl (C=O) groups is 2. The third-order valence-corrected chi connectivity index (χ3v) is 3.38. The van der Waals surface area contributed by atoms with E-state index >= 15 is 0 Å². The number of ether oxygens (including phenoxy) is 2. The van der Waals surface area contributed by atoms with E-state index in [-0.39, 0.29) is 6.61 Å². The number of amides is 2. The number of aryl methyl sites for hydroxylation is 2. The van der Waals surface area contributed by atoms with E-state index in [4.69, 9.17) is 9.47 Å². The molecule has 2 aromatic rings. The fourth-order valence-corrected chi connectivity index (χ4v) is 2.37. The Bertz CT molecular complexity index is 739. The number of benzene rings is 2. The van der Waals surface area contributed by atoms with E-state index in [9.17, 15) is 9.59 Å². The highest BCUT2D eigenvalue weighted by molar-refractivity contribution is 5.95. The standard InChI is InChI=1S/C19H22N2O4/c1-13-7-14(2)9-17(8-13)25-12-18(22)20-21-19(23)16-6-4-5-15(10-16)11-24-3/h4-10H,11-12H2,1-3H3,(H,20,22)(H,21,23). The normalized spacial score (nSPS) is 10.2. The van der Waals surface area contributed by atoms with E-state index in [1.54, 1.807) is 25.3 Å². The molecule has 0 aromatic heterocycles. The number of hydrazine groups is 1. The SMILES string of the molecule is COCc1cccc(C(=O)NNC(=O)COc2cc(C)cc(C)c2)c1. The number of hydrogen-bond donors (Lipinski definition) is 2. The molecule has 0 heterocycles. The molecule has 0 bridgehead atoms. The van der Waals surface area contributed by atoms with Crippen molar-refractivity contribution in [1.29, 1.82) is 0 Å². The summed E-state index contributed by atoms with van der Waals surface area (Å²) in [6.07, 6.45) is 0. The number of hydrogen-bond acceptors (Lipinski definition) is 4. The molecule has 0 saturated carbocycles. The highest BCUT2D eigenvalue weighted by Crippen LogP contribution is 2.15. The van der Waals surface area contributed by atoms with Crippen LogP contribution in [0, 0.1) is 13.8 Å². The van der Waals surface area contributed by atoms with Gasteiger partial charge in [0.1, 0.15) is 5.75 Å². The van der Waals surface area contributed by atoms with Crippen molar-refractivity contribution >= 4 is 11.8 Å². The second-order valence-corrected chi connectivity index (χ2v) is 5.75. The molecule has 0 saturated heterocycles. The van der Waals surface area contributed by atoms with Gasteiger partial charge in [0.2, 0.25) is 0 Å². The molecule has 0 unspecified atom stereocenters. The first kappa shape index (κ1) is 18.5. The van der Waals surface area contributed by atoms with Crippen LogP contribution in [0.4, 0.5) is 0 Å². The Balaban J connectivity index is 1.83. The summed E-state index contributed by atoms with van der Waals surface area (Å²) in [7, 11) is 1.59. The summed E-state index contributed by atoms with van der Waals surface area (Å²) in [5, 5.41) is 0. The van der Waals surface area contributed by atoms with Crippen molar-refractivity contribution in [3.8, 4) is 5.75 Å². The lowest BCUT2D eigenvalue weighted by atomic mass is 10.1. The smallest absolute Gasteiger partial charge is 0.276 e. The van der Waals surface area contributed by atoms with E-state index in [1.165, 1.54) is 0 Å². The first-order valence-electron chi connectivity index (χ1n) is 7.86. The van der Waals surface area contributed by atoms with Crippen LogP contribution in [-0.2, 0) is 16.1 Å². The number of methoxy groups -OCH3 is 1. The maximum Gasteiger partial charge on any atom is 0.276 e. The number of carbonyl (C=O) groups excluding carboxylic acids is 2. The molecule has 2 amide bonds. The summed E-state index contributed by atoms with van der Waals surface area (Å²) in [4.78, 5) is 23.9. The van der Waals surface area contributed by atoms with Crippen LogP contribution in [0.25, 0.3) is 0 Å². The van der Waals surface area contributed by atoms with Gasteiger partial charge in [0.05, 0.1) is 6.61 Å². The van der Waals surface area contributed by atoms with Crippen molar-refractivity contribution < 1.29 is 19.1 Å². The topological polar surface area (TPSA) is 76.7 Å². The third kappa shape index (κ3) is 5.93. The van der Waals surface area contributed by atoms with Crippen LogP contribution in [-0.4, -0.2) is 25.5 Å². The van der Waals surface area contributed by atoms with Crippen LogP contribution < -0.4 is 15.6 Å². The number of nitrogens with one attached hydrogen (secondary N) is 2. The molecule has 25 heavy (non-hydrogen) atoms. The van der Waals surface area contributed by atoms with Gasteiger partial charge in [-0.05, 0) is 54.8 Å². The predicted octanol–water partition coefficient (Wildman–Crippen LogP) is 2.29. The minimum absolute atomic E-state index is 0.188. The lowest BCUT2D eigenvalue weighted by Crippen LogP contribution is -2.43. The van der Waals surface area contributed by atoms with E-state index in [0.717, 1.165) is 16.7 Å². The van der Waals surface area contributed by atoms with Gasteiger partial charge in [0.15, 0.2) is 6.61 Å². The minimum atomic E-state index is -0.444. The Hall–Kier alpha value is -2.86. The fraction of sp³-hybridized carbons (Fsp3) is 0.263. The predicted molar refractivity (Wildman–Crippen MR) is 94.2 cm³/mol. The maximum atomic E-state index is 12.1. The Morgan fingerprint density at radius 3 is 2.40 bits per heavy atom. The Morgan fingerprint density at radius 1 is 1.00 bits per heavy atom. The molecule has 0 aliphatic carbocycles. The summed E-state index contributed by atoms with van der Waals surface area (Å²) in [6, 6.07) is 12.7. The fourth-order valence-electron chi connectivity index (χ4n) is 2.37. The monoisotopic (exact) mass is 342 g/mol. The van der Waals surface area contributed by atoms with Crippen molar-refractivity contribution in [2.24, 2.45) is 0 Å². The van der Waals surface area contributed by atoms with Crippen LogP contribution in [0.1, 0.15) is 27.0 Å². The highest BCUT2D eigenvalue weighted by atomic mass is 16.5. The van der Waals surface area contributed by atoms with Gasteiger partial charge < -0.3 is 9.47 Å². The van der Waals surface area contributed by atoms with Gasteiger partial charge in [-0.3, -0.25) is 20.4 Å².